The minimum Gasteiger partial charge on any atom is -0.495 e. The summed E-state index contributed by atoms with van der Waals surface area (Å²) < 4.78 is 6.18. The Morgan fingerprint density at radius 2 is 2.09 bits per heavy atom. The Balaban J connectivity index is 2.69. The Morgan fingerprint density at radius 1 is 1.39 bits per heavy atom. The van der Waals surface area contributed by atoms with Gasteiger partial charge in [-0.3, -0.25) is 14.8 Å². The first kappa shape index (κ1) is 16.5. The van der Waals surface area contributed by atoms with Crippen molar-refractivity contribution in [1.82, 2.24) is 9.55 Å². The molecule has 122 valence electrons. The smallest absolute Gasteiger partial charge is 0.335 e. The van der Waals surface area contributed by atoms with Crippen LogP contribution in [-0.2, 0) is 0 Å². The van der Waals surface area contributed by atoms with E-state index in [-0.39, 0.29) is 11.6 Å². The van der Waals surface area contributed by atoms with Gasteiger partial charge in [0.15, 0.2) is 0 Å². The number of rotatable bonds is 5. The third-order valence-electron chi connectivity index (χ3n) is 3.50. The molecule has 0 aliphatic heterocycles. The second kappa shape index (κ2) is 6.95. The van der Waals surface area contributed by atoms with Crippen LogP contribution < -0.4 is 16.0 Å². The van der Waals surface area contributed by atoms with Crippen LogP contribution in [0.3, 0.4) is 0 Å². The highest BCUT2D eigenvalue weighted by molar-refractivity contribution is 5.82. The average molecular weight is 317 g/mol. The zero-order valence-electron chi connectivity index (χ0n) is 13.2. The van der Waals surface area contributed by atoms with Crippen molar-refractivity contribution < 1.29 is 9.84 Å². The Bertz CT molecular complexity index is 836. The van der Waals surface area contributed by atoms with E-state index in [1.165, 1.54) is 13.3 Å². The summed E-state index contributed by atoms with van der Waals surface area (Å²) in [4.78, 5) is 30.4. The number of aromatic amines is 1. The van der Waals surface area contributed by atoms with Crippen LogP contribution in [0.2, 0.25) is 0 Å². The summed E-state index contributed by atoms with van der Waals surface area (Å²) in [6.45, 7) is 3.85. The molecule has 0 aliphatic rings. The van der Waals surface area contributed by atoms with Gasteiger partial charge >= 0.3 is 5.69 Å². The maximum Gasteiger partial charge on any atom is 0.335 e. The molecule has 23 heavy (non-hydrogen) atoms. The standard InChI is InChI=1S/C16H19N3O4/c1-4-10(2)17-9-11-14(20)18-16(22)19(15(11)21)12-7-5-6-8-13(12)23-3/h5-10,21H,4H2,1-3H3,(H,18,20,22)/t10-/m1/s1. The summed E-state index contributed by atoms with van der Waals surface area (Å²) in [6.07, 6.45) is 2.08. The Kier molecular flexibility index (Phi) is 5.00. The fraction of sp³-hybridized carbons (Fsp3) is 0.312. The van der Waals surface area contributed by atoms with Crippen LogP contribution in [0.4, 0.5) is 0 Å². The van der Waals surface area contributed by atoms with Crippen molar-refractivity contribution in [3.8, 4) is 17.3 Å². The highest BCUT2D eigenvalue weighted by Gasteiger charge is 2.16. The molecule has 0 aliphatic carbocycles. The highest BCUT2D eigenvalue weighted by Crippen LogP contribution is 2.24. The number of aliphatic imine (C=N–C) groups is 1. The van der Waals surface area contributed by atoms with E-state index >= 15 is 0 Å². The van der Waals surface area contributed by atoms with E-state index in [4.69, 9.17) is 4.74 Å². The first-order chi connectivity index (χ1) is 11.0. The number of ether oxygens (including phenoxy) is 1. The number of aromatic hydroxyl groups is 1. The molecule has 2 aromatic rings. The SMILES string of the molecule is CC[C@@H](C)N=Cc1c(O)n(-c2ccccc2OC)c(=O)[nH]c1=O. The number of hydrogen-bond donors (Lipinski definition) is 2. The molecule has 0 amide bonds. The molecule has 0 radical (unpaired) electrons. The second-order valence-electron chi connectivity index (χ2n) is 5.04. The number of aromatic nitrogens is 2. The normalized spacial score (nSPS) is 12.5. The molecule has 0 saturated carbocycles. The van der Waals surface area contributed by atoms with E-state index in [2.05, 4.69) is 9.98 Å². The van der Waals surface area contributed by atoms with Crippen molar-refractivity contribution in [2.45, 2.75) is 26.3 Å². The van der Waals surface area contributed by atoms with E-state index in [1.807, 2.05) is 13.8 Å². The van der Waals surface area contributed by atoms with Crippen molar-refractivity contribution >= 4 is 6.21 Å². The minimum atomic E-state index is -0.752. The van der Waals surface area contributed by atoms with Crippen molar-refractivity contribution in [3.63, 3.8) is 0 Å². The molecule has 0 spiro atoms. The van der Waals surface area contributed by atoms with Gasteiger partial charge in [-0.05, 0) is 25.5 Å². The second-order valence-corrected chi connectivity index (χ2v) is 5.04. The van der Waals surface area contributed by atoms with Crippen molar-refractivity contribution in [2.24, 2.45) is 4.99 Å². The fourth-order valence-corrected chi connectivity index (χ4v) is 2.00. The molecule has 7 nitrogen and oxygen atoms in total. The summed E-state index contributed by atoms with van der Waals surface area (Å²) in [5.74, 6) is -0.0860. The summed E-state index contributed by atoms with van der Waals surface area (Å²) in [5, 5.41) is 10.4. The highest BCUT2D eigenvalue weighted by atomic mass is 16.5. The molecule has 7 heteroatoms. The fourth-order valence-electron chi connectivity index (χ4n) is 2.00. The number of nitrogens with one attached hydrogen (secondary N) is 1. The topological polar surface area (TPSA) is 96.7 Å². The maximum absolute atomic E-state index is 12.1. The van der Waals surface area contributed by atoms with Crippen LogP contribution >= 0.6 is 0 Å². The zero-order valence-corrected chi connectivity index (χ0v) is 13.2. The molecule has 1 atom stereocenters. The monoisotopic (exact) mass is 317 g/mol. The van der Waals surface area contributed by atoms with Crippen molar-refractivity contribution in [1.29, 1.82) is 0 Å². The Hall–Kier alpha value is -2.83. The molecule has 0 bridgehead atoms. The zero-order chi connectivity index (χ0) is 17.0. The van der Waals surface area contributed by atoms with Crippen LogP contribution in [0.1, 0.15) is 25.8 Å². The lowest BCUT2D eigenvalue weighted by Gasteiger charge is -2.13. The summed E-state index contributed by atoms with van der Waals surface area (Å²) in [6, 6.07) is 6.69. The third kappa shape index (κ3) is 3.33. The van der Waals surface area contributed by atoms with Gasteiger partial charge in [-0.25, -0.2) is 9.36 Å². The average Bonchev–Trinajstić information content (AvgIpc) is 2.54. The minimum absolute atomic E-state index is 0.000407. The maximum atomic E-state index is 12.1. The first-order valence-corrected chi connectivity index (χ1v) is 7.24. The lowest BCUT2D eigenvalue weighted by atomic mass is 10.2. The lowest BCUT2D eigenvalue weighted by Crippen LogP contribution is -2.31. The number of H-pyrrole nitrogens is 1. The Morgan fingerprint density at radius 3 is 2.74 bits per heavy atom. The predicted molar refractivity (Wildman–Crippen MR) is 88.2 cm³/mol. The van der Waals surface area contributed by atoms with Gasteiger partial charge in [0.25, 0.3) is 5.56 Å². The quantitative estimate of drug-likeness (QED) is 0.816. The van der Waals surface area contributed by atoms with Gasteiger partial charge in [0.05, 0.1) is 12.8 Å². The number of benzene rings is 1. The van der Waals surface area contributed by atoms with Crippen LogP contribution in [0, 0.1) is 0 Å². The predicted octanol–water partition coefficient (Wildman–Crippen LogP) is 1.46. The van der Waals surface area contributed by atoms with Crippen LogP contribution in [0.25, 0.3) is 5.69 Å². The molecule has 0 saturated heterocycles. The van der Waals surface area contributed by atoms with E-state index in [0.29, 0.717) is 11.4 Å². The lowest BCUT2D eigenvalue weighted by molar-refractivity contribution is 0.401. The van der Waals surface area contributed by atoms with Gasteiger partial charge in [0, 0.05) is 12.3 Å². The van der Waals surface area contributed by atoms with Crippen molar-refractivity contribution in [2.75, 3.05) is 7.11 Å². The van der Waals surface area contributed by atoms with E-state index in [0.717, 1.165) is 11.0 Å². The van der Waals surface area contributed by atoms with Crippen LogP contribution in [0.5, 0.6) is 11.6 Å². The molecule has 0 fully saturated rings. The molecule has 2 N–H and O–H groups in total. The van der Waals surface area contributed by atoms with E-state index in [9.17, 15) is 14.7 Å². The molecule has 0 unspecified atom stereocenters. The number of methoxy groups -OCH3 is 1. The molecular formula is C16H19N3O4. The number of nitrogens with zero attached hydrogens (tertiary/aromatic N) is 2. The Labute approximate surface area is 132 Å². The van der Waals surface area contributed by atoms with E-state index in [1.54, 1.807) is 24.3 Å². The molecular weight excluding hydrogens is 298 g/mol. The molecule has 2 rings (SSSR count). The van der Waals surface area contributed by atoms with Gasteiger partial charge in [-0.1, -0.05) is 19.1 Å². The summed E-state index contributed by atoms with van der Waals surface area (Å²) in [5.41, 5.74) is -1.19. The first-order valence-electron chi connectivity index (χ1n) is 7.24. The molecule has 1 aromatic heterocycles. The van der Waals surface area contributed by atoms with Gasteiger partial charge < -0.3 is 9.84 Å². The van der Waals surface area contributed by atoms with Gasteiger partial charge in [0.2, 0.25) is 5.88 Å². The number of para-hydroxylation sites is 2. The van der Waals surface area contributed by atoms with Crippen molar-refractivity contribution in [3.05, 3.63) is 50.7 Å². The van der Waals surface area contributed by atoms with Crippen LogP contribution in [-0.4, -0.2) is 34.0 Å². The third-order valence-corrected chi connectivity index (χ3v) is 3.50. The number of hydrogen-bond acceptors (Lipinski definition) is 5. The van der Waals surface area contributed by atoms with Gasteiger partial charge in [0.1, 0.15) is 11.3 Å². The van der Waals surface area contributed by atoms with Gasteiger partial charge in [-0.15, -0.1) is 0 Å². The molecule has 1 heterocycles. The van der Waals surface area contributed by atoms with E-state index < -0.39 is 17.1 Å². The summed E-state index contributed by atoms with van der Waals surface area (Å²) in [7, 11) is 1.46. The van der Waals surface area contributed by atoms with Crippen LogP contribution in [0.15, 0.2) is 38.8 Å². The largest absolute Gasteiger partial charge is 0.495 e. The van der Waals surface area contributed by atoms with Gasteiger partial charge in [-0.2, -0.15) is 0 Å². The summed E-state index contributed by atoms with van der Waals surface area (Å²) >= 11 is 0. The molecule has 1 aromatic carbocycles.